The molecule has 0 heterocycles. The highest BCUT2D eigenvalue weighted by Gasteiger charge is 2.65. The molecule has 0 bridgehead atoms. The van der Waals surface area contributed by atoms with Crippen molar-refractivity contribution in [2.24, 2.45) is 52.3 Å². The van der Waals surface area contributed by atoms with E-state index in [9.17, 15) is 30.6 Å². The third-order valence-corrected chi connectivity index (χ3v) is 11.5. The molecule has 4 fully saturated rings. The molecule has 4 aliphatic carbocycles. The van der Waals surface area contributed by atoms with E-state index in [2.05, 4.69) is 20.8 Å². The van der Waals surface area contributed by atoms with E-state index in [0.29, 0.717) is 36.0 Å². The van der Waals surface area contributed by atoms with Crippen LogP contribution in [0, 0.1) is 52.3 Å². The maximum absolute atomic E-state index is 11.6. The minimum absolute atomic E-state index is 0.0862. The third-order valence-electron chi connectivity index (χ3n) is 11.5. The zero-order valence-corrected chi connectivity index (χ0v) is 20.8. The second kappa shape index (κ2) is 9.67. The molecule has 6 heteroatoms. The molecule has 6 nitrogen and oxygen atoms in total. The van der Waals surface area contributed by atoms with E-state index in [1.54, 1.807) is 0 Å². The van der Waals surface area contributed by atoms with Crippen LogP contribution in [0.4, 0.5) is 0 Å². The minimum Gasteiger partial charge on any atom is -0.396 e. The fourth-order valence-corrected chi connectivity index (χ4v) is 9.30. The fourth-order valence-electron chi connectivity index (χ4n) is 9.30. The molecular weight excluding hydrogens is 420 g/mol. The number of aliphatic hydroxyl groups excluding tert-OH is 6. The van der Waals surface area contributed by atoms with Gasteiger partial charge in [-0.2, -0.15) is 0 Å². The molecule has 33 heavy (non-hydrogen) atoms. The molecule has 4 aliphatic rings. The van der Waals surface area contributed by atoms with Crippen molar-refractivity contribution in [2.75, 3.05) is 13.2 Å². The van der Waals surface area contributed by atoms with Gasteiger partial charge in [0.1, 0.15) is 0 Å². The van der Waals surface area contributed by atoms with Crippen molar-refractivity contribution in [3.05, 3.63) is 0 Å². The Balaban J connectivity index is 1.51. The molecule has 0 aromatic carbocycles. The lowest BCUT2D eigenvalue weighted by Gasteiger charge is -2.63. The lowest BCUT2D eigenvalue weighted by atomic mass is 9.43. The van der Waals surface area contributed by atoms with Crippen molar-refractivity contribution in [3.63, 3.8) is 0 Å². The first-order valence-electron chi connectivity index (χ1n) is 13.5. The smallest absolute Gasteiger partial charge is 0.0612 e. The van der Waals surface area contributed by atoms with Gasteiger partial charge in [0, 0.05) is 5.92 Å². The average Bonchev–Trinajstić information content (AvgIpc) is 3.13. The largest absolute Gasteiger partial charge is 0.396 e. The first kappa shape index (κ1) is 25.8. The summed E-state index contributed by atoms with van der Waals surface area (Å²) >= 11 is 0. The number of aliphatic hydroxyl groups is 6. The summed E-state index contributed by atoms with van der Waals surface area (Å²) in [4.78, 5) is 0. The lowest BCUT2D eigenvalue weighted by molar-refractivity contribution is -0.207. The Labute approximate surface area is 199 Å². The molecule has 192 valence electrons. The Morgan fingerprint density at radius 2 is 1.58 bits per heavy atom. The summed E-state index contributed by atoms with van der Waals surface area (Å²) in [6.07, 6.45) is 5.77. The predicted molar refractivity (Wildman–Crippen MR) is 126 cm³/mol. The van der Waals surface area contributed by atoms with Gasteiger partial charge in [-0.1, -0.05) is 20.8 Å². The van der Waals surface area contributed by atoms with Gasteiger partial charge in [-0.15, -0.1) is 0 Å². The summed E-state index contributed by atoms with van der Waals surface area (Å²) in [5.41, 5.74) is -0.153. The Kier molecular flexibility index (Phi) is 7.57. The van der Waals surface area contributed by atoms with Crippen LogP contribution in [0.15, 0.2) is 0 Å². The Morgan fingerprint density at radius 1 is 0.879 bits per heavy atom. The highest BCUT2D eigenvalue weighted by molar-refractivity contribution is 5.14. The maximum Gasteiger partial charge on any atom is 0.0612 e. The van der Waals surface area contributed by atoms with Crippen LogP contribution in [0.2, 0.25) is 0 Å². The topological polar surface area (TPSA) is 121 Å². The summed E-state index contributed by atoms with van der Waals surface area (Å²) in [6, 6.07) is 0. The summed E-state index contributed by atoms with van der Waals surface area (Å²) in [5.74, 6) is 1.29. The SMILES string of the molecule is C[C@H](CC[C@@H](O)C(CO)CO)C1CCC2C3C(C[C@H](O)[C@@]21C)[C@@]1(C)CC[C@@H](O)CC1C[C@H]3O. The minimum atomic E-state index is -0.716. The number of fused-ring (bicyclic) bond motifs is 5. The normalized spacial score (nSPS) is 49.3. The molecule has 0 spiro atoms. The van der Waals surface area contributed by atoms with Crippen LogP contribution in [-0.4, -0.2) is 68.3 Å². The maximum atomic E-state index is 11.6. The molecule has 4 saturated carbocycles. The van der Waals surface area contributed by atoms with Crippen molar-refractivity contribution in [2.45, 2.75) is 103 Å². The summed E-state index contributed by atoms with van der Waals surface area (Å²) in [5, 5.41) is 62.4. The quantitative estimate of drug-likeness (QED) is 0.341. The molecule has 0 amide bonds. The lowest BCUT2D eigenvalue weighted by Crippen LogP contribution is -2.62. The van der Waals surface area contributed by atoms with Gasteiger partial charge in [0.25, 0.3) is 0 Å². The van der Waals surface area contributed by atoms with Crippen LogP contribution in [0.1, 0.15) is 78.6 Å². The molecule has 0 saturated heterocycles. The molecule has 12 atom stereocenters. The molecule has 0 aromatic rings. The van der Waals surface area contributed by atoms with E-state index in [1.165, 1.54) is 0 Å². The van der Waals surface area contributed by atoms with Gasteiger partial charge in [0.05, 0.1) is 37.6 Å². The fraction of sp³-hybridized carbons (Fsp3) is 1.00. The van der Waals surface area contributed by atoms with Gasteiger partial charge in [-0.3, -0.25) is 0 Å². The molecule has 5 unspecified atom stereocenters. The second-order valence-electron chi connectivity index (χ2n) is 12.8. The molecular formula is C27H48O6. The van der Waals surface area contributed by atoms with E-state index in [4.69, 9.17) is 0 Å². The van der Waals surface area contributed by atoms with Crippen LogP contribution < -0.4 is 0 Å². The van der Waals surface area contributed by atoms with Gasteiger partial charge < -0.3 is 30.6 Å². The van der Waals surface area contributed by atoms with Gasteiger partial charge in [-0.05, 0) is 104 Å². The predicted octanol–water partition coefficient (Wildman–Crippen LogP) is 2.33. The van der Waals surface area contributed by atoms with Crippen LogP contribution in [0.3, 0.4) is 0 Å². The first-order valence-corrected chi connectivity index (χ1v) is 13.5. The van der Waals surface area contributed by atoms with E-state index in [-0.39, 0.29) is 42.2 Å². The summed E-state index contributed by atoms with van der Waals surface area (Å²) in [7, 11) is 0. The number of hydrogen-bond acceptors (Lipinski definition) is 6. The summed E-state index contributed by atoms with van der Waals surface area (Å²) in [6.45, 7) is 6.39. The second-order valence-corrected chi connectivity index (χ2v) is 12.8. The summed E-state index contributed by atoms with van der Waals surface area (Å²) < 4.78 is 0. The van der Waals surface area contributed by atoms with E-state index in [1.807, 2.05) is 0 Å². The van der Waals surface area contributed by atoms with Gasteiger partial charge >= 0.3 is 0 Å². The highest BCUT2D eigenvalue weighted by atomic mass is 16.3. The molecule has 6 N–H and O–H groups in total. The molecule has 0 radical (unpaired) electrons. The first-order chi connectivity index (χ1) is 15.6. The zero-order chi connectivity index (χ0) is 24.1. The van der Waals surface area contributed by atoms with E-state index >= 15 is 0 Å². The van der Waals surface area contributed by atoms with Crippen molar-refractivity contribution in [3.8, 4) is 0 Å². The van der Waals surface area contributed by atoms with Crippen molar-refractivity contribution in [1.29, 1.82) is 0 Å². The Morgan fingerprint density at radius 3 is 2.24 bits per heavy atom. The Bertz CT molecular complexity index is 669. The standard InChI is InChI=1S/C27H48O6/c1-15(4-7-22(31)16(13-28)14-29)19-5-6-20-25-21(12-24(33)27(19,20)3)26(2)9-8-18(30)10-17(26)11-23(25)32/h15-25,28-33H,4-14H2,1-3H3/t15-,17?,18-,19?,20?,21?,22-,23-,24+,25?,26+,27-/m1/s1. The van der Waals surface area contributed by atoms with E-state index < -0.39 is 18.1 Å². The highest BCUT2D eigenvalue weighted by Crippen LogP contribution is 2.68. The number of rotatable bonds is 7. The van der Waals surface area contributed by atoms with Gasteiger partial charge in [0.2, 0.25) is 0 Å². The Hall–Kier alpha value is -0.240. The van der Waals surface area contributed by atoms with Gasteiger partial charge in [0.15, 0.2) is 0 Å². The zero-order valence-electron chi connectivity index (χ0n) is 20.8. The van der Waals surface area contributed by atoms with Crippen molar-refractivity contribution in [1.82, 2.24) is 0 Å². The molecule has 4 rings (SSSR count). The van der Waals surface area contributed by atoms with Crippen LogP contribution in [-0.2, 0) is 0 Å². The average molecular weight is 469 g/mol. The van der Waals surface area contributed by atoms with Crippen LogP contribution in [0.5, 0.6) is 0 Å². The van der Waals surface area contributed by atoms with Gasteiger partial charge in [-0.25, -0.2) is 0 Å². The van der Waals surface area contributed by atoms with Crippen molar-refractivity contribution < 1.29 is 30.6 Å². The monoisotopic (exact) mass is 468 g/mol. The third kappa shape index (κ3) is 4.21. The van der Waals surface area contributed by atoms with E-state index in [0.717, 1.165) is 51.4 Å². The van der Waals surface area contributed by atoms with Crippen LogP contribution in [0.25, 0.3) is 0 Å². The van der Waals surface area contributed by atoms with Crippen LogP contribution >= 0.6 is 0 Å². The number of hydrogen-bond donors (Lipinski definition) is 6. The van der Waals surface area contributed by atoms with Crippen molar-refractivity contribution >= 4 is 0 Å². The molecule has 0 aromatic heterocycles. The molecule has 0 aliphatic heterocycles.